The average Bonchev–Trinajstić information content (AvgIpc) is 3.22. The normalized spacial score (nSPS) is 13.5. The fourth-order valence-corrected chi connectivity index (χ4v) is 3.93. The predicted octanol–water partition coefficient (Wildman–Crippen LogP) is 3.67. The molecule has 4 rings (SSSR count). The maximum absolute atomic E-state index is 12.6. The van der Waals surface area contributed by atoms with E-state index in [1.807, 2.05) is 36.4 Å². The van der Waals surface area contributed by atoms with E-state index in [9.17, 15) is 9.59 Å². The van der Waals surface area contributed by atoms with Crippen molar-refractivity contribution in [2.45, 2.75) is 25.3 Å². The molecular formula is C26H26N2O4. The van der Waals surface area contributed by atoms with Gasteiger partial charge in [-0.05, 0) is 34.7 Å². The second kappa shape index (κ2) is 9.66. The second-order valence-corrected chi connectivity index (χ2v) is 7.90. The summed E-state index contributed by atoms with van der Waals surface area (Å²) >= 11 is 0. The number of hydrogen-bond donors (Lipinski definition) is 2. The van der Waals surface area contributed by atoms with Crippen molar-refractivity contribution in [1.82, 2.24) is 0 Å². The Kier molecular flexibility index (Phi) is 6.52. The van der Waals surface area contributed by atoms with E-state index in [0.717, 1.165) is 24.1 Å². The molecule has 3 aromatic carbocycles. The zero-order chi connectivity index (χ0) is 22.5. The van der Waals surface area contributed by atoms with Gasteiger partial charge in [0.2, 0.25) is 5.91 Å². The van der Waals surface area contributed by atoms with Gasteiger partial charge >= 0.3 is 5.97 Å². The second-order valence-electron chi connectivity index (χ2n) is 7.90. The first kappa shape index (κ1) is 21.6. The van der Waals surface area contributed by atoms with Crippen LogP contribution in [-0.4, -0.2) is 36.2 Å². The number of ether oxygens (including phenoxy) is 1. The molecule has 0 unspecified atom stereocenters. The summed E-state index contributed by atoms with van der Waals surface area (Å²) in [5, 5.41) is 8.91. The van der Waals surface area contributed by atoms with Crippen molar-refractivity contribution in [3.63, 3.8) is 0 Å². The summed E-state index contributed by atoms with van der Waals surface area (Å²) < 4.78 is 5.94. The Labute approximate surface area is 187 Å². The summed E-state index contributed by atoms with van der Waals surface area (Å²) in [4.78, 5) is 25.0. The van der Waals surface area contributed by atoms with Crippen LogP contribution in [0.15, 0.2) is 72.8 Å². The molecule has 0 saturated carbocycles. The first-order valence-corrected chi connectivity index (χ1v) is 10.7. The van der Waals surface area contributed by atoms with Gasteiger partial charge in [0, 0.05) is 19.0 Å². The van der Waals surface area contributed by atoms with E-state index in [1.165, 1.54) is 16.7 Å². The lowest BCUT2D eigenvalue weighted by atomic mass is 10.0. The van der Waals surface area contributed by atoms with Crippen LogP contribution in [-0.2, 0) is 22.4 Å². The van der Waals surface area contributed by atoms with E-state index in [0.29, 0.717) is 18.9 Å². The number of benzene rings is 3. The lowest BCUT2D eigenvalue weighted by Gasteiger charge is -2.21. The molecule has 32 heavy (non-hydrogen) atoms. The lowest BCUT2D eigenvalue weighted by Crippen LogP contribution is -2.44. The molecule has 164 valence electrons. The van der Waals surface area contributed by atoms with Crippen molar-refractivity contribution in [3.8, 4) is 16.9 Å². The molecule has 3 aromatic rings. The summed E-state index contributed by atoms with van der Waals surface area (Å²) in [6.07, 6.45) is 1.09. The van der Waals surface area contributed by atoms with E-state index in [2.05, 4.69) is 36.4 Å². The number of rotatable bonds is 8. The summed E-state index contributed by atoms with van der Waals surface area (Å²) in [5.41, 5.74) is 11.1. The van der Waals surface area contributed by atoms with Crippen molar-refractivity contribution < 1.29 is 19.4 Å². The van der Waals surface area contributed by atoms with Crippen LogP contribution in [0.2, 0.25) is 0 Å². The van der Waals surface area contributed by atoms with Gasteiger partial charge in [0.25, 0.3) is 0 Å². The van der Waals surface area contributed by atoms with Gasteiger partial charge in [-0.2, -0.15) is 0 Å². The lowest BCUT2D eigenvalue weighted by molar-refractivity contribution is -0.139. The molecule has 0 radical (unpaired) electrons. The molecule has 0 aromatic heterocycles. The SMILES string of the molecule is N[C@@H](CC(=O)O)C(=O)N1CCc2ccc(OCCc3ccc(-c4ccccc4)cc3)cc21. The Hall–Kier alpha value is -3.64. The molecule has 1 amide bonds. The number of carbonyl (C=O) groups is 2. The number of aliphatic carboxylic acids is 1. The third kappa shape index (κ3) is 4.98. The highest BCUT2D eigenvalue weighted by Crippen LogP contribution is 2.32. The van der Waals surface area contributed by atoms with Gasteiger partial charge in [-0.15, -0.1) is 0 Å². The molecule has 1 heterocycles. The topological polar surface area (TPSA) is 92.9 Å². The predicted molar refractivity (Wildman–Crippen MR) is 124 cm³/mol. The molecular weight excluding hydrogens is 404 g/mol. The molecule has 1 atom stereocenters. The molecule has 1 aliphatic heterocycles. The van der Waals surface area contributed by atoms with Crippen molar-refractivity contribution in [2.75, 3.05) is 18.1 Å². The minimum absolute atomic E-state index is 0.373. The molecule has 1 aliphatic rings. The van der Waals surface area contributed by atoms with Crippen LogP contribution in [0, 0.1) is 0 Å². The Bertz CT molecular complexity index is 1100. The number of hydrogen-bond acceptors (Lipinski definition) is 4. The number of nitrogens with two attached hydrogens (primary N) is 1. The van der Waals surface area contributed by atoms with Crippen molar-refractivity contribution in [3.05, 3.63) is 83.9 Å². The van der Waals surface area contributed by atoms with Crippen molar-refractivity contribution >= 4 is 17.6 Å². The van der Waals surface area contributed by atoms with Gasteiger partial charge in [-0.1, -0.05) is 60.7 Å². The number of carboxylic acid groups (broad SMARTS) is 1. The smallest absolute Gasteiger partial charge is 0.305 e. The standard InChI is InChI=1S/C26H26N2O4/c27-23(17-25(29)30)26(31)28-14-12-21-10-11-22(16-24(21)28)32-15-13-18-6-8-20(9-7-18)19-4-2-1-3-5-19/h1-11,16,23H,12-15,17,27H2,(H,29,30)/t23-/m0/s1. The Morgan fingerprint density at radius 2 is 1.72 bits per heavy atom. The highest BCUT2D eigenvalue weighted by atomic mass is 16.5. The van der Waals surface area contributed by atoms with Gasteiger partial charge in [-0.25, -0.2) is 0 Å². The fourth-order valence-electron chi connectivity index (χ4n) is 3.93. The van der Waals surface area contributed by atoms with Crippen LogP contribution >= 0.6 is 0 Å². The third-order valence-electron chi connectivity index (χ3n) is 5.65. The Balaban J connectivity index is 1.36. The molecule has 0 saturated heterocycles. The first-order chi connectivity index (χ1) is 15.5. The van der Waals surface area contributed by atoms with Gasteiger partial charge in [0.05, 0.1) is 24.8 Å². The molecule has 3 N–H and O–H groups in total. The zero-order valence-electron chi connectivity index (χ0n) is 17.7. The highest BCUT2D eigenvalue weighted by Gasteiger charge is 2.29. The number of anilines is 1. The largest absolute Gasteiger partial charge is 0.493 e. The quantitative estimate of drug-likeness (QED) is 0.569. The van der Waals surface area contributed by atoms with Crippen LogP contribution in [0.4, 0.5) is 5.69 Å². The van der Waals surface area contributed by atoms with E-state index in [-0.39, 0.29) is 12.3 Å². The highest BCUT2D eigenvalue weighted by molar-refractivity contribution is 6.00. The number of amides is 1. The number of carbonyl (C=O) groups excluding carboxylic acids is 1. The van der Waals surface area contributed by atoms with Crippen molar-refractivity contribution in [1.29, 1.82) is 0 Å². The van der Waals surface area contributed by atoms with Crippen LogP contribution in [0.1, 0.15) is 17.5 Å². The van der Waals surface area contributed by atoms with Crippen LogP contribution < -0.4 is 15.4 Å². The summed E-state index contributed by atoms with van der Waals surface area (Å²) in [6.45, 7) is 1.01. The zero-order valence-corrected chi connectivity index (χ0v) is 17.7. The maximum atomic E-state index is 12.6. The van der Waals surface area contributed by atoms with E-state index >= 15 is 0 Å². The minimum Gasteiger partial charge on any atom is -0.493 e. The minimum atomic E-state index is -1.08. The Morgan fingerprint density at radius 3 is 2.44 bits per heavy atom. The summed E-state index contributed by atoms with van der Waals surface area (Å²) in [7, 11) is 0. The molecule has 0 aliphatic carbocycles. The number of fused-ring (bicyclic) bond motifs is 1. The van der Waals surface area contributed by atoms with E-state index in [1.54, 1.807) is 4.90 Å². The van der Waals surface area contributed by atoms with Crippen LogP contribution in [0.25, 0.3) is 11.1 Å². The van der Waals surface area contributed by atoms with Crippen LogP contribution in [0.3, 0.4) is 0 Å². The first-order valence-electron chi connectivity index (χ1n) is 10.7. The summed E-state index contributed by atoms with van der Waals surface area (Å²) in [6, 6.07) is 23.3. The van der Waals surface area contributed by atoms with Gasteiger partial charge in [0.1, 0.15) is 5.75 Å². The van der Waals surface area contributed by atoms with Gasteiger partial charge < -0.3 is 20.5 Å². The van der Waals surface area contributed by atoms with E-state index < -0.39 is 12.0 Å². The number of nitrogens with zero attached hydrogens (tertiary/aromatic N) is 1. The molecule has 6 heteroatoms. The Morgan fingerprint density at radius 1 is 1.00 bits per heavy atom. The average molecular weight is 431 g/mol. The monoisotopic (exact) mass is 430 g/mol. The number of carboxylic acids is 1. The molecule has 0 bridgehead atoms. The van der Waals surface area contributed by atoms with Gasteiger partial charge in [0.15, 0.2) is 0 Å². The summed E-state index contributed by atoms with van der Waals surface area (Å²) in [5.74, 6) is -0.780. The molecule has 0 fully saturated rings. The third-order valence-corrected chi connectivity index (χ3v) is 5.65. The fraction of sp³-hybridized carbons (Fsp3) is 0.231. The van der Waals surface area contributed by atoms with Crippen LogP contribution in [0.5, 0.6) is 5.75 Å². The molecule has 0 spiro atoms. The molecule has 6 nitrogen and oxygen atoms in total. The maximum Gasteiger partial charge on any atom is 0.305 e. The van der Waals surface area contributed by atoms with Gasteiger partial charge in [-0.3, -0.25) is 9.59 Å². The van der Waals surface area contributed by atoms with E-state index in [4.69, 9.17) is 15.6 Å². The van der Waals surface area contributed by atoms with Crippen molar-refractivity contribution in [2.24, 2.45) is 5.73 Å².